The maximum atomic E-state index is 12.5. The third kappa shape index (κ3) is 4.35. The Morgan fingerprint density at radius 3 is 2.60 bits per heavy atom. The molecule has 1 aliphatic rings. The molecular formula is C23H24N4O3. The van der Waals surface area contributed by atoms with Gasteiger partial charge in [-0.25, -0.2) is 4.79 Å². The molecule has 30 heavy (non-hydrogen) atoms. The van der Waals surface area contributed by atoms with Gasteiger partial charge in [0.1, 0.15) is 6.04 Å². The van der Waals surface area contributed by atoms with Gasteiger partial charge >= 0.3 is 6.03 Å². The van der Waals surface area contributed by atoms with Crippen molar-refractivity contribution in [3.05, 3.63) is 72.4 Å². The Morgan fingerprint density at radius 1 is 1.00 bits per heavy atom. The number of urea groups is 1. The quantitative estimate of drug-likeness (QED) is 0.566. The summed E-state index contributed by atoms with van der Waals surface area (Å²) in [6.07, 6.45) is 2.47. The van der Waals surface area contributed by atoms with Gasteiger partial charge in [-0.1, -0.05) is 48.5 Å². The van der Waals surface area contributed by atoms with Gasteiger partial charge in [0.25, 0.3) is 5.91 Å². The highest BCUT2D eigenvalue weighted by atomic mass is 16.2. The van der Waals surface area contributed by atoms with Gasteiger partial charge in [0.15, 0.2) is 0 Å². The maximum absolute atomic E-state index is 12.5. The van der Waals surface area contributed by atoms with Crippen molar-refractivity contribution >= 4 is 28.7 Å². The molecule has 1 saturated heterocycles. The first-order valence-electron chi connectivity index (χ1n) is 10.1. The van der Waals surface area contributed by atoms with E-state index in [1.54, 1.807) is 0 Å². The molecule has 7 nitrogen and oxygen atoms in total. The Kier molecular flexibility index (Phi) is 5.79. The molecule has 1 fully saturated rings. The minimum atomic E-state index is -0.652. The first kappa shape index (κ1) is 19.7. The molecule has 0 saturated carbocycles. The molecule has 2 N–H and O–H groups in total. The molecule has 2 heterocycles. The van der Waals surface area contributed by atoms with Crippen molar-refractivity contribution in [3.63, 3.8) is 0 Å². The van der Waals surface area contributed by atoms with Gasteiger partial charge in [0.2, 0.25) is 5.91 Å². The predicted molar refractivity (Wildman–Crippen MR) is 113 cm³/mol. The second-order valence-electron chi connectivity index (χ2n) is 7.37. The van der Waals surface area contributed by atoms with Gasteiger partial charge in [-0.3, -0.25) is 14.5 Å². The minimum absolute atomic E-state index is 0.130. The number of nitrogens with one attached hydrogen (secondary N) is 2. The zero-order valence-electron chi connectivity index (χ0n) is 16.6. The highest BCUT2D eigenvalue weighted by molar-refractivity contribution is 6.04. The van der Waals surface area contributed by atoms with Crippen molar-refractivity contribution in [2.75, 3.05) is 6.54 Å². The van der Waals surface area contributed by atoms with Crippen molar-refractivity contribution in [1.82, 2.24) is 20.1 Å². The maximum Gasteiger partial charge on any atom is 0.325 e. The smallest absolute Gasteiger partial charge is 0.325 e. The molecule has 0 bridgehead atoms. The number of fused-ring (bicyclic) bond motifs is 1. The Morgan fingerprint density at radius 2 is 1.77 bits per heavy atom. The van der Waals surface area contributed by atoms with E-state index in [0.717, 1.165) is 11.1 Å². The Balaban J connectivity index is 1.23. The standard InChI is InChI=1S/C23H24N4O3/c28-21(24-13-15-26-14-12-18-8-4-5-9-20(18)26)11-10-19-22(29)27(23(30)25-19)16-17-6-2-1-3-7-17/h1-9,12,14,19H,10-11,13,15-16H2,(H,24,28)(H,25,30)/t19-/m1/s1. The van der Waals surface area contributed by atoms with Crippen LogP contribution in [0.15, 0.2) is 66.9 Å². The lowest BCUT2D eigenvalue weighted by Gasteiger charge is -2.13. The number of nitrogens with zero attached hydrogens (tertiary/aromatic N) is 2. The lowest BCUT2D eigenvalue weighted by Crippen LogP contribution is -2.33. The number of hydrogen-bond donors (Lipinski definition) is 2. The van der Waals surface area contributed by atoms with Crippen molar-refractivity contribution in [1.29, 1.82) is 0 Å². The lowest BCUT2D eigenvalue weighted by molar-refractivity contribution is -0.128. The molecule has 1 aromatic heterocycles. The number of imide groups is 1. The number of amides is 4. The van der Waals surface area contributed by atoms with Crippen molar-refractivity contribution in [2.24, 2.45) is 0 Å². The van der Waals surface area contributed by atoms with Crippen LogP contribution in [0.1, 0.15) is 18.4 Å². The molecule has 7 heteroatoms. The summed E-state index contributed by atoms with van der Waals surface area (Å²) >= 11 is 0. The van der Waals surface area contributed by atoms with Crippen LogP contribution in [0.5, 0.6) is 0 Å². The summed E-state index contributed by atoms with van der Waals surface area (Å²) in [6.45, 7) is 1.41. The van der Waals surface area contributed by atoms with Crippen LogP contribution in [-0.4, -0.2) is 39.9 Å². The van der Waals surface area contributed by atoms with E-state index in [1.807, 2.05) is 60.8 Å². The molecule has 2 aromatic carbocycles. The number of carbonyl (C=O) groups is 3. The fourth-order valence-corrected chi connectivity index (χ4v) is 3.70. The van der Waals surface area contributed by atoms with Crippen molar-refractivity contribution in [3.8, 4) is 0 Å². The van der Waals surface area contributed by atoms with Crippen LogP contribution in [0, 0.1) is 0 Å². The monoisotopic (exact) mass is 404 g/mol. The number of rotatable bonds is 8. The Bertz CT molecular complexity index is 1060. The topological polar surface area (TPSA) is 83.4 Å². The zero-order chi connectivity index (χ0) is 20.9. The molecule has 0 spiro atoms. The van der Waals surface area contributed by atoms with Crippen LogP contribution in [0.3, 0.4) is 0 Å². The minimum Gasteiger partial charge on any atom is -0.354 e. The second-order valence-corrected chi connectivity index (χ2v) is 7.37. The average molecular weight is 404 g/mol. The SMILES string of the molecule is O=C(CC[C@H]1NC(=O)N(Cc2ccccc2)C1=O)NCCn1ccc2ccccc21. The van der Waals surface area contributed by atoms with E-state index in [1.165, 1.54) is 10.3 Å². The van der Waals surface area contributed by atoms with Crippen LogP contribution >= 0.6 is 0 Å². The molecule has 4 amide bonds. The number of para-hydroxylation sites is 1. The normalized spacial score (nSPS) is 16.1. The third-order valence-corrected chi connectivity index (χ3v) is 5.31. The van der Waals surface area contributed by atoms with Crippen molar-refractivity contribution < 1.29 is 14.4 Å². The fraction of sp³-hybridized carbons (Fsp3) is 0.261. The second kappa shape index (κ2) is 8.82. The van der Waals surface area contributed by atoms with Gasteiger partial charge in [0.05, 0.1) is 6.54 Å². The number of aromatic nitrogens is 1. The van der Waals surface area contributed by atoms with E-state index >= 15 is 0 Å². The van der Waals surface area contributed by atoms with Gasteiger partial charge in [-0.2, -0.15) is 0 Å². The molecule has 0 unspecified atom stereocenters. The zero-order valence-corrected chi connectivity index (χ0v) is 16.6. The van der Waals surface area contributed by atoms with Gasteiger partial charge in [0, 0.05) is 31.2 Å². The summed E-state index contributed by atoms with van der Waals surface area (Å²) in [5, 5.41) is 6.74. The summed E-state index contributed by atoms with van der Waals surface area (Å²) in [5.41, 5.74) is 2.02. The number of benzene rings is 2. The summed E-state index contributed by atoms with van der Waals surface area (Å²) in [7, 11) is 0. The van der Waals surface area contributed by atoms with Crippen LogP contribution in [0.2, 0.25) is 0 Å². The predicted octanol–water partition coefficient (Wildman–Crippen LogP) is 2.66. The van der Waals surface area contributed by atoms with E-state index in [9.17, 15) is 14.4 Å². The van der Waals surface area contributed by atoms with Gasteiger partial charge in [-0.15, -0.1) is 0 Å². The van der Waals surface area contributed by atoms with Gasteiger partial charge < -0.3 is 15.2 Å². The highest BCUT2D eigenvalue weighted by Gasteiger charge is 2.37. The largest absolute Gasteiger partial charge is 0.354 e. The molecule has 0 radical (unpaired) electrons. The molecule has 154 valence electrons. The van der Waals surface area contributed by atoms with E-state index < -0.39 is 12.1 Å². The summed E-state index contributed by atoms with van der Waals surface area (Å²) < 4.78 is 2.10. The third-order valence-electron chi connectivity index (χ3n) is 5.31. The molecular weight excluding hydrogens is 380 g/mol. The van der Waals surface area contributed by atoms with E-state index in [2.05, 4.69) is 21.3 Å². The average Bonchev–Trinajstić information content (AvgIpc) is 3.29. The number of hydrogen-bond acceptors (Lipinski definition) is 3. The van der Waals surface area contributed by atoms with E-state index in [0.29, 0.717) is 13.1 Å². The van der Waals surface area contributed by atoms with Crippen LogP contribution in [-0.2, 0) is 22.7 Å². The summed E-state index contributed by atoms with van der Waals surface area (Å²) in [6, 6.07) is 18.4. The summed E-state index contributed by atoms with van der Waals surface area (Å²) in [4.78, 5) is 38.1. The van der Waals surface area contributed by atoms with Gasteiger partial charge in [-0.05, 0) is 29.5 Å². The molecule has 3 aromatic rings. The van der Waals surface area contributed by atoms with E-state index in [4.69, 9.17) is 0 Å². The Hall–Kier alpha value is -3.61. The summed E-state index contributed by atoms with van der Waals surface area (Å²) in [5.74, 6) is -0.412. The molecule has 1 aliphatic heterocycles. The Labute approximate surface area is 174 Å². The molecule has 0 aliphatic carbocycles. The van der Waals surface area contributed by atoms with E-state index in [-0.39, 0.29) is 31.2 Å². The van der Waals surface area contributed by atoms with Crippen LogP contribution in [0.4, 0.5) is 4.79 Å². The molecule has 1 atom stereocenters. The number of carbonyl (C=O) groups excluding carboxylic acids is 3. The molecule has 4 rings (SSSR count). The lowest BCUT2D eigenvalue weighted by atomic mass is 10.1. The highest BCUT2D eigenvalue weighted by Crippen LogP contribution is 2.16. The fourth-order valence-electron chi connectivity index (χ4n) is 3.70. The first-order valence-corrected chi connectivity index (χ1v) is 10.1. The first-order chi connectivity index (χ1) is 14.6. The van der Waals surface area contributed by atoms with Crippen LogP contribution in [0.25, 0.3) is 10.9 Å². The van der Waals surface area contributed by atoms with Crippen molar-refractivity contribution in [2.45, 2.75) is 32.0 Å². The van der Waals surface area contributed by atoms with Crippen LogP contribution < -0.4 is 10.6 Å².